The Bertz CT molecular complexity index is 733. The molecule has 1 aromatic carbocycles. The van der Waals surface area contributed by atoms with Gasteiger partial charge in [-0.3, -0.25) is 9.78 Å². The van der Waals surface area contributed by atoms with Crippen molar-refractivity contribution < 1.29 is 9.21 Å². The number of anilines is 1. The summed E-state index contributed by atoms with van der Waals surface area (Å²) in [5.41, 5.74) is 2.61. The van der Waals surface area contributed by atoms with Crippen LogP contribution in [-0.4, -0.2) is 10.9 Å². The van der Waals surface area contributed by atoms with Crippen LogP contribution in [0.1, 0.15) is 16.2 Å². The molecule has 0 fully saturated rings. The van der Waals surface area contributed by atoms with E-state index in [1.807, 2.05) is 37.3 Å². The van der Waals surface area contributed by atoms with E-state index in [0.717, 1.165) is 22.3 Å². The van der Waals surface area contributed by atoms with Gasteiger partial charge in [-0.05, 0) is 43.3 Å². The first-order valence-corrected chi connectivity index (χ1v) is 5.95. The highest BCUT2D eigenvalue weighted by Gasteiger charge is 2.08. The summed E-state index contributed by atoms with van der Waals surface area (Å²) in [5, 5.41) is 3.78. The van der Waals surface area contributed by atoms with E-state index < -0.39 is 0 Å². The fraction of sp³-hybridized carbons (Fsp3) is 0.0667. The number of benzene rings is 1. The van der Waals surface area contributed by atoms with Gasteiger partial charge in [0.05, 0.1) is 11.8 Å². The van der Waals surface area contributed by atoms with Crippen molar-refractivity contribution >= 4 is 22.5 Å². The lowest BCUT2D eigenvalue weighted by Gasteiger charge is -2.05. The highest BCUT2D eigenvalue weighted by Crippen LogP contribution is 2.18. The van der Waals surface area contributed by atoms with Crippen molar-refractivity contribution in [2.75, 3.05) is 5.32 Å². The van der Waals surface area contributed by atoms with E-state index in [4.69, 9.17) is 4.42 Å². The molecule has 4 nitrogen and oxygen atoms in total. The normalized spacial score (nSPS) is 10.6. The van der Waals surface area contributed by atoms with Gasteiger partial charge < -0.3 is 9.73 Å². The van der Waals surface area contributed by atoms with E-state index in [1.165, 1.54) is 6.26 Å². The summed E-state index contributed by atoms with van der Waals surface area (Å²) >= 11 is 0. The fourth-order valence-electron chi connectivity index (χ4n) is 1.91. The molecule has 0 aliphatic rings. The summed E-state index contributed by atoms with van der Waals surface area (Å²) in [5.74, 6) is 0.0338. The Kier molecular flexibility index (Phi) is 2.76. The van der Waals surface area contributed by atoms with Gasteiger partial charge in [-0.15, -0.1) is 0 Å². The summed E-state index contributed by atoms with van der Waals surface area (Å²) < 4.78 is 5.05. The number of fused-ring (bicyclic) bond motifs is 1. The molecular formula is C15H12N2O2. The number of aryl methyl sites for hydroxylation is 1. The van der Waals surface area contributed by atoms with Crippen LogP contribution in [0.5, 0.6) is 0 Å². The third-order valence-corrected chi connectivity index (χ3v) is 2.83. The number of carbonyl (C=O) groups is 1. The molecule has 0 bridgehead atoms. The van der Waals surface area contributed by atoms with Crippen molar-refractivity contribution in [3.8, 4) is 0 Å². The van der Waals surface area contributed by atoms with Gasteiger partial charge in [-0.25, -0.2) is 0 Å². The Labute approximate surface area is 110 Å². The van der Waals surface area contributed by atoms with E-state index in [0.29, 0.717) is 5.76 Å². The number of aromatic nitrogens is 1. The number of nitrogens with one attached hydrogen (secondary N) is 1. The maximum atomic E-state index is 11.8. The molecule has 0 spiro atoms. The lowest BCUT2D eigenvalue weighted by molar-refractivity contribution is 0.0996. The molecule has 0 saturated carbocycles. The van der Waals surface area contributed by atoms with Gasteiger partial charge in [-0.1, -0.05) is 6.07 Å². The number of furan rings is 1. The lowest BCUT2D eigenvalue weighted by atomic mass is 10.2. The zero-order valence-electron chi connectivity index (χ0n) is 10.4. The second-order valence-corrected chi connectivity index (χ2v) is 4.29. The molecule has 0 saturated heterocycles. The maximum absolute atomic E-state index is 11.8. The number of nitrogens with zero attached hydrogens (tertiary/aromatic N) is 1. The molecule has 4 heteroatoms. The van der Waals surface area contributed by atoms with Crippen molar-refractivity contribution in [2.24, 2.45) is 0 Å². The van der Waals surface area contributed by atoms with E-state index in [1.54, 1.807) is 12.1 Å². The van der Waals surface area contributed by atoms with Crippen LogP contribution in [0.3, 0.4) is 0 Å². The minimum atomic E-state index is -0.260. The number of pyridine rings is 1. The standard InChI is InChI=1S/C15H12N2O2/c1-10-4-5-11-9-12(6-7-13(11)16-10)17-15(18)14-3-2-8-19-14/h2-9H,1H3,(H,17,18). The summed E-state index contributed by atoms with van der Waals surface area (Å²) in [6, 6.07) is 12.8. The van der Waals surface area contributed by atoms with Crippen LogP contribution in [0, 0.1) is 6.92 Å². The third-order valence-electron chi connectivity index (χ3n) is 2.83. The van der Waals surface area contributed by atoms with E-state index in [-0.39, 0.29) is 5.91 Å². The Morgan fingerprint density at radius 1 is 1.21 bits per heavy atom. The molecule has 3 rings (SSSR count). The van der Waals surface area contributed by atoms with Crippen LogP contribution >= 0.6 is 0 Å². The Hall–Kier alpha value is -2.62. The smallest absolute Gasteiger partial charge is 0.291 e. The first-order chi connectivity index (χ1) is 9.22. The van der Waals surface area contributed by atoms with Gasteiger partial charge >= 0.3 is 0 Å². The van der Waals surface area contributed by atoms with Crippen molar-refractivity contribution in [1.29, 1.82) is 0 Å². The van der Waals surface area contributed by atoms with Gasteiger partial charge in [0.2, 0.25) is 0 Å². The van der Waals surface area contributed by atoms with Crippen molar-refractivity contribution in [2.45, 2.75) is 6.92 Å². The number of hydrogen-bond acceptors (Lipinski definition) is 3. The molecule has 19 heavy (non-hydrogen) atoms. The van der Waals surface area contributed by atoms with Crippen molar-refractivity contribution in [3.63, 3.8) is 0 Å². The van der Waals surface area contributed by atoms with Crippen molar-refractivity contribution in [1.82, 2.24) is 4.98 Å². The molecule has 1 N–H and O–H groups in total. The third kappa shape index (κ3) is 2.33. The van der Waals surface area contributed by atoms with E-state index in [2.05, 4.69) is 10.3 Å². The van der Waals surface area contributed by atoms with E-state index >= 15 is 0 Å². The monoisotopic (exact) mass is 252 g/mol. The molecule has 2 heterocycles. The van der Waals surface area contributed by atoms with Gasteiger partial charge in [0.1, 0.15) is 0 Å². The minimum Gasteiger partial charge on any atom is -0.459 e. The van der Waals surface area contributed by atoms with Gasteiger partial charge in [-0.2, -0.15) is 0 Å². The average Bonchev–Trinajstić information content (AvgIpc) is 2.93. The van der Waals surface area contributed by atoms with E-state index in [9.17, 15) is 4.79 Å². The second-order valence-electron chi connectivity index (χ2n) is 4.29. The van der Waals surface area contributed by atoms with Crippen LogP contribution in [0.4, 0.5) is 5.69 Å². The largest absolute Gasteiger partial charge is 0.459 e. The number of rotatable bonds is 2. The fourth-order valence-corrected chi connectivity index (χ4v) is 1.91. The van der Waals surface area contributed by atoms with Crippen LogP contribution in [0.2, 0.25) is 0 Å². The second kappa shape index (κ2) is 4.57. The molecule has 0 aliphatic carbocycles. The molecule has 2 aromatic heterocycles. The van der Waals surface area contributed by atoms with Crippen LogP contribution in [-0.2, 0) is 0 Å². The van der Waals surface area contributed by atoms with Gasteiger partial charge in [0.25, 0.3) is 5.91 Å². The molecular weight excluding hydrogens is 240 g/mol. The first-order valence-electron chi connectivity index (χ1n) is 5.95. The predicted molar refractivity (Wildman–Crippen MR) is 73.1 cm³/mol. The zero-order chi connectivity index (χ0) is 13.2. The predicted octanol–water partition coefficient (Wildman–Crippen LogP) is 3.39. The molecule has 0 unspecified atom stereocenters. The first kappa shape index (κ1) is 11.5. The SMILES string of the molecule is Cc1ccc2cc(NC(=O)c3ccco3)ccc2n1. The number of amides is 1. The molecule has 0 radical (unpaired) electrons. The molecule has 0 aliphatic heterocycles. The molecule has 0 atom stereocenters. The Morgan fingerprint density at radius 2 is 2.11 bits per heavy atom. The average molecular weight is 252 g/mol. The quantitative estimate of drug-likeness (QED) is 0.760. The summed E-state index contributed by atoms with van der Waals surface area (Å²) in [6.45, 7) is 1.95. The Balaban J connectivity index is 1.89. The summed E-state index contributed by atoms with van der Waals surface area (Å²) in [4.78, 5) is 16.3. The highest BCUT2D eigenvalue weighted by atomic mass is 16.3. The summed E-state index contributed by atoms with van der Waals surface area (Å²) in [7, 11) is 0. The zero-order valence-corrected chi connectivity index (χ0v) is 10.4. The van der Waals surface area contributed by atoms with Crippen LogP contribution in [0.15, 0.2) is 53.1 Å². The topological polar surface area (TPSA) is 55.1 Å². The van der Waals surface area contributed by atoms with Gasteiger partial charge in [0.15, 0.2) is 5.76 Å². The highest BCUT2D eigenvalue weighted by molar-refractivity contribution is 6.03. The number of hydrogen-bond donors (Lipinski definition) is 1. The maximum Gasteiger partial charge on any atom is 0.291 e. The lowest BCUT2D eigenvalue weighted by Crippen LogP contribution is -2.10. The summed E-state index contributed by atoms with van der Waals surface area (Å²) in [6.07, 6.45) is 1.47. The van der Waals surface area contributed by atoms with Gasteiger partial charge in [0, 0.05) is 16.8 Å². The van der Waals surface area contributed by atoms with Crippen molar-refractivity contribution in [3.05, 3.63) is 60.2 Å². The number of carbonyl (C=O) groups excluding carboxylic acids is 1. The molecule has 94 valence electrons. The molecule has 1 amide bonds. The van der Waals surface area contributed by atoms with Crippen LogP contribution < -0.4 is 5.32 Å². The van der Waals surface area contributed by atoms with Crippen LogP contribution in [0.25, 0.3) is 10.9 Å². The Morgan fingerprint density at radius 3 is 2.89 bits per heavy atom. The minimum absolute atomic E-state index is 0.260. The molecule has 3 aromatic rings.